The molecule has 1 N–H and O–H groups in total. The molecule has 0 radical (unpaired) electrons. The van der Waals surface area contributed by atoms with Crippen molar-refractivity contribution in [3.05, 3.63) is 83.2 Å². The maximum absolute atomic E-state index is 14.5. The molecule has 49 heavy (non-hydrogen) atoms. The van der Waals surface area contributed by atoms with Crippen LogP contribution in [0.1, 0.15) is 80.2 Å². The van der Waals surface area contributed by atoms with Crippen LogP contribution in [-0.2, 0) is 21.3 Å². The van der Waals surface area contributed by atoms with E-state index in [2.05, 4.69) is 42.4 Å². The first-order chi connectivity index (χ1) is 23.3. The molecule has 4 bridgehead atoms. The van der Waals surface area contributed by atoms with E-state index in [1.165, 1.54) is 12.1 Å². The number of amides is 1. The van der Waals surface area contributed by atoms with E-state index in [9.17, 15) is 13.2 Å². The monoisotopic (exact) mass is 686 g/mol. The fraction of sp³-hybridized carbons (Fsp3) is 0.459. The van der Waals surface area contributed by atoms with Gasteiger partial charge >= 0.3 is 0 Å². The van der Waals surface area contributed by atoms with Gasteiger partial charge in [0, 0.05) is 36.6 Å². The molecule has 0 aliphatic carbocycles. The zero-order chi connectivity index (χ0) is 34.9. The zero-order valence-electron chi connectivity index (χ0n) is 29.1. The molecule has 0 unspecified atom stereocenters. The topological polar surface area (TPSA) is 129 Å². The normalized spacial score (nSPS) is 19.2. The first kappa shape index (κ1) is 34.6. The van der Waals surface area contributed by atoms with Crippen molar-refractivity contribution in [2.24, 2.45) is 11.3 Å². The Labute approximate surface area is 289 Å². The number of anilines is 1. The molecule has 1 fully saturated rings. The maximum atomic E-state index is 14.5. The summed E-state index contributed by atoms with van der Waals surface area (Å²) in [4.78, 5) is 25.3. The number of sulfonamides is 1. The number of aromatic nitrogens is 4. The molecule has 11 nitrogen and oxygen atoms in total. The Kier molecular flexibility index (Phi) is 9.81. The third kappa shape index (κ3) is 7.96. The molecule has 12 heteroatoms. The molecule has 2 aromatic carbocycles. The lowest BCUT2D eigenvalue weighted by molar-refractivity contribution is 0.0481. The van der Waals surface area contributed by atoms with E-state index < -0.39 is 16.1 Å². The van der Waals surface area contributed by atoms with Gasteiger partial charge in [0.05, 0.1) is 34.9 Å². The second-order valence-electron chi connectivity index (χ2n) is 14.5. The number of aryl methyl sites for hydroxylation is 2. The minimum absolute atomic E-state index is 0.0666. The largest absolute Gasteiger partial charge is 0.475 e. The van der Waals surface area contributed by atoms with Crippen LogP contribution in [0.25, 0.3) is 11.3 Å². The van der Waals surface area contributed by atoms with Gasteiger partial charge in [-0.3, -0.25) is 9.48 Å². The minimum Gasteiger partial charge on any atom is -0.475 e. The van der Waals surface area contributed by atoms with Crippen molar-refractivity contribution in [2.75, 3.05) is 24.5 Å². The summed E-state index contributed by atoms with van der Waals surface area (Å²) in [6, 6.07) is 15.5. The Morgan fingerprint density at radius 3 is 2.43 bits per heavy atom. The number of nitrogens with one attached hydrogen (secondary N) is 1. The lowest BCUT2D eigenvalue weighted by Crippen LogP contribution is -2.45. The van der Waals surface area contributed by atoms with E-state index >= 15 is 0 Å². The van der Waals surface area contributed by atoms with Crippen LogP contribution in [-0.4, -0.2) is 64.8 Å². The Morgan fingerprint density at radius 1 is 1.00 bits per heavy atom. The average molecular weight is 687 g/mol. The summed E-state index contributed by atoms with van der Waals surface area (Å²) < 4.78 is 43.9. The van der Waals surface area contributed by atoms with Crippen LogP contribution in [0.15, 0.2) is 65.7 Å². The molecule has 4 heterocycles. The number of ether oxygens (including phenoxy) is 2. The molecule has 0 saturated carbocycles. The van der Waals surface area contributed by atoms with Crippen LogP contribution in [0.5, 0.6) is 5.88 Å². The van der Waals surface area contributed by atoms with Crippen LogP contribution in [0.2, 0.25) is 0 Å². The summed E-state index contributed by atoms with van der Waals surface area (Å²) in [6.07, 6.45) is 4.55. The predicted octanol–water partition coefficient (Wildman–Crippen LogP) is 6.58. The molecule has 2 atom stereocenters. The first-order valence-corrected chi connectivity index (χ1v) is 18.4. The molecular weight excluding hydrogens is 641 g/mol. The molecule has 1 saturated heterocycles. The molecule has 260 valence electrons. The highest BCUT2D eigenvalue weighted by atomic mass is 32.2. The first-order valence-electron chi connectivity index (χ1n) is 16.9. The van der Waals surface area contributed by atoms with Gasteiger partial charge in [0.25, 0.3) is 15.9 Å². The number of rotatable bonds is 6. The van der Waals surface area contributed by atoms with Gasteiger partial charge in [-0.25, -0.2) is 18.1 Å². The number of hydrogen-bond donors (Lipinski definition) is 1. The van der Waals surface area contributed by atoms with Crippen molar-refractivity contribution < 1.29 is 22.7 Å². The second-order valence-corrected chi connectivity index (χ2v) is 16.1. The van der Waals surface area contributed by atoms with E-state index in [0.29, 0.717) is 18.0 Å². The van der Waals surface area contributed by atoms with Crippen LogP contribution in [0, 0.1) is 25.2 Å². The van der Waals surface area contributed by atoms with Gasteiger partial charge in [-0.15, -0.1) is 0 Å². The fourth-order valence-corrected chi connectivity index (χ4v) is 7.81. The van der Waals surface area contributed by atoms with E-state index in [-0.39, 0.29) is 52.8 Å². The summed E-state index contributed by atoms with van der Waals surface area (Å²) in [5.41, 5.74) is 4.18. The highest BCUT2D eigenvalue weighted by Gasteiger charge is 2.32. The van der Waals surface area contributed by atoms with Crippen molar-refractivity contribution >= 4 is 21.9 Å². The number of carbonyl (C=O) groups is 1. The summed E-state index contributed by atoms with van der Waals surface area (Å²) in [7, 11) is -4.16. The lowest BCUT2D eigenvalue weighted by Gasteiger charge is -2.35. The Bertz CT molecular complexity index is 1910. The van der Waals surface area contributed by atoms with Crippen LogP contribution in [0.3, 0.4) is 0 Å². The SMILES string of the molecule is Cc1cccc(C)c1-c1cc2nc(n1)NS(=O)(=O)c1cccc(c1)C(=O)N(Cc1ccn([C@H](C)C3CCOCC3)n1)[C@H](CC(C)(C)C)CO2. The van der Waals surface area contributed by atoms with E-state index in [1.54, 1.807) is 23.1 Å². The number of benzene rings is 2. The lowest BCUT2D eigenvalue weighted by atomic mass is 9.87. The maximum Gasteiger partial charge on any atom is 0.264 e. The fourth-order valence-electron chi connectivity index (χ4n) is 6.82. The van der Waals surface area contributed by atoms with Gasteiger partial charge in [-0.05, 0) is 86.8 Å². The summed E-state index contributed by atoms with van der Waals surface area (Å²) in [5.74, 6) is 0.243. The quantitative estimate of drug-likeness (QED) is 0.241. The van der Waals surface area contributed by atoms with Crippen LogP contribution < -0.4 is 9.46 Å². The number of fused-ring (bicyclic) bond motifs is 4. The predicted molar refractivity (Wildman–Crippen MR) is 188 cm³/mol. The van der Waals surface area contributed by atoms with Crippen molar-refractivity contribution in [1.82, 2.24) is 24.6 Å². The van der Waals surface area contributed by atoms with Gasteiger partial charge in [0.1, 0.15) is 6.61 Å². The smallest absolute Gasteiger partial charge is 0.264 e. The number of hydrogen-bond acceptors (Lipinski definition) is 8. The molecule has 2 aromatic heterocycles. The van der Waals surface area contributed by atoms with Gasteiger partial charge in [0.2, 0.25) is 11.8 Å². The highest BCUT2D eigenvalue weighted by Crippen LogP contribution is 2.32. The van der Waals surface area contributed by atoms with E-state index in [4.69, 9.17) is 14.6 Å². The molecule has 4 aromatic rings. The van der Waals surface area contributed by atoms with Crippen molar-refractivity contribution in [3.8, 4) is 17.1 Å². The van der Waals surface area contributed by atoms with Crippen molar-refractivity contribution in [3.63, 3.8) is 0 Å². The number of carbonyl (C=O) groups excluding carboxylic acids is 1. The standard InChI is InChI=1S/C37H46N6O5S/c1-24-9-7-10-25(2)34(24)32-20-33-39-36(38-32)41-49(45,46)31-12-8-11-28(19-31)35(44)42(30(23-48-33)21-37(4,5)6)22-29-13-16-43(40-29)26(3)27-14-17-47-18-15-27/h7-13,16,19-20,26-27,30H,14-15,17-18,21-23H2,1-6H3,(H,38,39,41)/t26-,30-/m1/s1. The number of nitrogens with zero attached hydrogens (tertiary/aromatic N) is 5. The van der Waals surface area contributed by atoms with Gasteiger partial charge in [0.15, 0.2) is 0 Å². The Hall–Kier alpha value is -4.29. The van der Waals surface area contributed by atoms with Crippen molar-refractivity contribution in [2.45, 2.75) is 84.3 Å². The summed E-state index contributed by atoms with van der Waals surface area (Å²) in [6.45, 7) is 14.4. The van der Waals surface area contributed by atoms with Gasteiger partial charge in [-0.2, -0.15) is 10.1 Å². The Morgan fingerprint density at radius 2 is 1.71 bits per heavy atom. The van der Waals surface area contributed by atoms with E-state index in [0.717, 1.165) is 48.4 Å². The summed E-state index contributed by atoms with van der Waals surface area (Å²) >= 11 is 0. The summed E-state index contributed by atoms with van der Waals surface area (Å²) in [5, 5.41) is 4.94. The van der Waals surface area contributed by atoms with Gasteiger partial charge in [-0.1, -0.05) is 45.0 Å². The van der Waals surface area contributed by atoms with Crippen molar-refractivity contribution in [1.29, 1.82) is 0 Å². The Balaban J connectivity index is 1.43. The molecule has 2 aliphatic heterocycles. The van der Waals surface area contributed by atoms with E-state index in [1.807, 2.05) is 49.0 Å². The minimum atomic E-state index is -4.16. The zero-order valence-corrected chi connectivity index (χ0v) is 30.0. The molecule has 6 rings (SSSR count). The second kappa shape index (κ2) is 13.9. The molecule has 0 spiro atoms. The average Bonchev–Trinajstić information content (AvgIpc) is 3.53. The molecule has 1 amide bonds. The molecule has 2 aliphatic rings. The third-order valence-electron chi connectivity index (χ3n) is 9.39. The molecular formula is C37H46N6O5S. The highest BCUT2D eigenvalue weighted by molar-refractivity contribution is 7.92. The van der Waals surface area contributed by atoms with Crippen LogP contribution in [0.4, 0.5) is 5.95 Å². The third-order valence-corrected chi connectivity index (χ3v) is 10.7. The van der Waals surface area contributed by atoms with Crippen LogP contribution >= 0.6 is 0 Å². The van der Waals surface area contributed by atoms with Gasteiger partial charge < -0.3 is 14.4 Å².